The summed E-state index contributed by atoms with van der Waals surface area (Å²) in [5, 5.41) is 12.1. The van der Waals surface area contributed by atoms with Gasteiger partial charge in [-0.25, -0.2) is 4.79 Å². The van der Waals surface area contributed by atoms with E-state index in [0.29, 0.717) is 5.69 Å². The fourth-order valence-electron chi connectivity index (χ4n) is 1.33. The van der Waals surface area contributed by atoms with Crippen molar-refractivity contribution >= 4 is 17.6 Å². The molecule has 98 valence electrons. The average molecular weight is 251 g/mol. The molecule has 0 saturated carbocycles. The van der Waals surface area contributed by atoms with Crippen molar-refractivity contribution < 1.29 is 19.4 Å². The Balaban J connectivity index is 2.78. The molecular formula is C13H17NO4. The third-order valence-electron chi connectivity index (χ3n) is 2.02. The first-order chi connectivity index (χ1) is 8.19. The minimum absolute atomic E-state index is 0.170. The van der Waals surface area contributed by atoms with E-state index >= 15 is 0 Å². The highest BCUT2D eigenvalue weighted by atomic mass is 16.6. The summed E-state index contributed by atoms with van der Waals surface area (Å²) in [5.41, 5.74) is -0.0117. The van der Waals surface area contributed by atoms with Crippen LogP contribution in [0.25, 0.3) is 0 Å². The lowest BCUT2D eigenvalue weighted by Gasteiger charge is -2.19. The summed E-state index contributed by atoms with van der Waals surface area (Å²) < 4.78 is 5.06. The predicted octanol–water partition coefficient (Wildman–Crippen LogP) is 2.94. The maximum absolute atomic E-state index is 11.5. The quantitative estimate of drug-likeness (QED) is 0.792. The molecule has 1 aromatic rings. The summed E-state index contributed by atoms with van der Waals surface area (Å²) in [7, 11) is 0. The van der Waals surface area contributed by atoms with Crippen LogP contribution < -0.4 is 5.32 Å². The van der Waals surface area contributed by atoms with Crippen LogP contribution in [0.5, 0.6) is 5.75 Å². The molecule has 5 heteroatoms. The normalized spacial score (nSPS) is 10.9. The Morgan fingerprint density at radius 3 is 2.33 bits per heavy atom. The first kappa shape index (κ1) is 14.0. The second-order valence-electron chi connectivity index (χ2n) is 4.92. The molecule has 0 aromatic heterocycles. The lowest BCUT2D eigenvalue weighted by Crippen LogP contribution is -2.27. The summed E-state index contributed by atoms with van der Waals surface area (Å²) >= 11 is 0. The van der Waals surface area contributed by atoms with E-state index in [1.807, 2.05) is 0 Å². The van der Waals surface area contributed by atoms with Crippen molar-refractivity contribution in [1.82, 2.24) is 0 Å². The zero-order chi connectivity index (χ0) is 13.9. The van der Waals surface area contributed by atoms with Crippen molar-refractivity contribution in [3.8, 4) is 5.75 Å². The number of phenolic OH excluding ortho intramolecular Hbond substituents is 1. The number of hydrogen-bond acceptors (Lipinski definition) is 4. The Labute approximate surface area is 106 Å². The first-order valence-electron chi connectivity index (χ1n) is 5.53. The molecule has 0 aliphatic heterocycles. The zero-order valence-corrected chi connectivity index (χ0v) is 10.9. The molecule has 0 aliphatic rings. The Hall–Kier alpha value is -2.04. The zero-order valence-electron chi connectivity index (χ0n) is 10.9. The Morgan fingerprint density at radius 2 is 1.89 bits per heavy atom. The summed E-state index contributed by atoms with van der Waals surface area (Å²) in [6, 6.07) is 4.28. The van der Waals surface area contributed by atoms with Gasteiger partial charge in [-0.05, 0) is 39.8 Å². The van der Waals surface area contributed by atoms with Crippen molar-refractivity contribution in [2.45, 2.75) is 33.3 Å². The highest BCUT2D eigenvalue weighted by molar-refractivity contribution is 5.97. The monoisotopic (exact) mass is 251 g/mol. The number of amides is 1. The molecule has 0 unspecified atom stereocenters. The number of ether oxygens (including phenoxy) is 1. The fourth-order valence-corrected chi connectivity index (χ4v) is 1.33. The first-order valence-corrected chi connectivity index (χ1v) is 5.53. The molecule has 0 aliphatic carbocycles. The third kappa shape index (κ3) is 4.08. The Morgan fingerprint density at radius 1 is 1.28 bits per heavy atom. The molecule has 0 heterocycles. The van der Waals surface area contributed by atoms with Crippen LogP contribution in [0.2, 0.25) is 0 Å². The van der Waals surface area contributed by atoms with E-state index in [4.69, 9.17) is 4.74 Å². The van der Waals surface area contributed by atoms with Gasteiger partial charge < -0.3 is 9.84 Å². The fraction of sp³-hybridized carbons (Fsp3) is 0.385. The van der Waals surface area contributed by atoms with Crippen molar-refractivity contribution in [3.05, 3.63) is 23.8 Å². The van der Waals surface area contributed by atoms with Crippen molar-refractivity contribution in [3.63, 3.8) is 0 Å². The van der Waals surface area contributed by atoms with Crippen LogP contribution in [-0.2, 0) is 4.74 Å². The number of anilines is 1. The molecule has 0 atom stereocenters. The number of carbonyl (C=O) groups excluding carboxylic acids is 2. The van der Waals surface area contributed by atoms with Crippen molar-refractivity contribution in [1.29, 1.82) is 0 Å². The van der Waals surface area contributed by atoms with Gasteiger partial charge in [0.15, 0.2) is 5.78 Å². The van der Waals surface area contributed by atoms with E-state index in [-0.39, 0.29) is 17.1 Å². The van der Waals surface area contributed by atoms with Crippen LogP contribution in [0, 0.1) is 0 Å². The van der Waals surface area contributed by atoms with E-state index in [0.717, 1.165) is 0 Å². The van der Waals surface area contributed by atoms with E-state index < -0.39 is 11.7 Å². The van der Waals surface area contributed by atoms with E-state index in [1.54, 1.807) is 20.8 Å². The number of ketones is 1. The van der Waals surface area contributed by atoms with Crippen LogP contribution in [0.1, 0.15) is 38.1 Å². The number of rotatable bonds is 2. The molecule has 5 nitrogen and oxygen atoms in total. The van der Waals surface area contributed by atoms with Gasteiger partial charge in [0.2, 0.25) is 0 Å². The predicted molar refractivity (Wildman–Crippen MR) is 68.0 cm³/mol. The van der Waals surface area contributed by atoms with Crippen LogP contribution >= 0.6 is 0 Å². The van der Waals surface area contributed by atoms with Gasteiger partial charge in [-0.1, -0.05) is 0 Å². The minimum Gasteiger partial charge on any atom is -0.507 e. The lowest BCUT2D eigenvalue weighted by molar-refractivity contribution is 0.0636. The standard InChI is InChI=1S/C13H17NO4/c1-8(15)10-6-5-9(7-11(10)16)14-12(17)18-13(2,3)4/h5-7,16H,1-4H3,(H,14,17). The van der Waals surface area contributed by atoms with Gasteiger partial charge in [-0.2, -0.15) is 0 Å². The molecule has 0 saturated heterocycles. The molecule has 0 bridgehead atoms. The largest absolute Gasteiger partial charge is 0.507 e. The van der Waals surface area contributed by atoms with Gasteiger partial charge in [0.1, 0.15) is 11.4 Å². The Bertz CT molecular complexity index is 474. The van der Waals surface area contributed by atoms with E-state index in [2.05, 4.69) is 5.32 Å². The summed E-state index contributed by atoms with van der Waals surface area (Å²) in [5.74, 6) is -0.410. The molecule has 1 amide bonds. The van der Waals surface area contributed by atoms with E-state index in [9.17, 15) is 14.7 Å². The van der Waals surface area contributed by atoms with Crippen molar-refractivity contribution in [2.24, 2.45) is 0 Å². The molecule has 0 radical (unpaired) electrons. The molecule has 2 N–H and O–H groups in total. The second-order valence-corrected chi connectivity index (χ2v) is 4.92. The van der Waals surface area contributed by atoms with Gasteiger partial charge >= 0.3 is 6.09 Å². The molecule has 0 fully saturated rings. The summed E-state index contributed by atoms with van der Waals surface area (Å²) in [4.78, 5) is 22.6. The average Bonchev–Trinajstić information content (AvgIpc) is 2.13. The number of benzene rings is 1. The van der Waals surface area contributed by atoms with Gasteiger partial charge in [-0.3, -0.25) is 10.1 Å². The molecule has 1 aromatic carbocycles. The molecular weight excluding hydrogens is 234 g/mol. The van der Waals surface area contributed by atoms with Crippen molar-refractivity contribution in [2.75, 3.05) is 5.32 Å². The van der Waals surface area contributed by atoms with Crippen LogP contribution in [0.4, 0.5) is 10.5 Å². The van der Waals surface area contributed by atoms with Crippen LogP contribution in [0.15, 0.2) is 18.2 Å². The molecule has 18 heavy (non-hydrogen) atoms. The third-order valence-corrected chi connectivity index (χ3v) is 2.02. The lowest BCUT2D eigenvalue weighted by atomic mass is 10.1. The number of hydrogen-bond donors (Lipinski definition) is 2. The SMILES string of the molecule is CC(=O)c1ccc(NC(=O)OC(C)(C)C)cc1O. The number of carbonyl (C=O) groups is 2. The smallest absolute Gasteiger partial charge is 0.412 e. The second kappa shape index (κ2) is 5.08. The summed E-state index contributed by atoms with van der Waals surface area (Å²) in [6.07, 6.45) is -0.613. The van der Waals surface area contributed by atoms with E-state index in [1.165, 1.54) is 25.1 Å². The number of phenols is 1. The minimum atomic E-state index is -0.613. The highest BCUT2D eigenvalue weighted by Gasteiger charge is 2.16. The molecule has 0 spiro atoms. The van der Waals surface area contributed by atoms with Crippen LogP contribution in [-0.4, -0.2) is 22.6 Å². The number of Topliss-reactive ketones (excluding diaryl/α,β-unsaturated/α-hetero) is 1. The topological polar surface area (TPSA) is 75.6 Å². The van der Waals surface area contributed by atoms with Crippen LogP contribution in [0.3, 0.4) is 0 Å². The number of aromatic hydroxyl groups is 1. The van der Waals surface area contributed by atoms with Gasteiger partial charge in [0.25, 0.3) is 0 Å². The number of nitrogens with one attached hydrogen (secondary N) is 1. The Kier molecular flexibility index (Phi) is 3.96. The van der Waals surface area contributed by atoms with Gasteiger partial charge in [0.05, 0.1) is 5.56 Å². The highest BCUT2D eigenvalue weighted by Crippen LogP contribution is 2.22. The maximum atomic E-state index is 11.5. The van der Waals surface area contributed by atoms with Gasteiger partial charge in [-0.15, -0.1) is 0 Å². The summed E-state index contributed by atoms with van der Waals surface area (Å²) in [6.45, 7) is 6.62. The molecule has 1 rings (SSSR count). The maximum Gasteiger partial charge on any atom is 0.412 e. The van der Waals surface area contributed by atoms with Gasteiger partial charge in [0, 0.05) is 11.8 Å².